The summed E-state index contributed by atoms with van der Waals surface area (Å²) in [5.74, 6) is -2.92. The van der Waals surface area contributed by atoms with E-state index in [0.717, 1.165) is 16.4 Å². The third-order valence-corrected chi connectivity index (χ3v) is 6.85. The second kappa shape index (κ2) is 9.44. The van der Waals surface area contributed by atoms with Crippen LogP contribution >= 0.6 is 0 Å². The number of carboxylic acids is 1. The van der Waals surface area contributed by atoms with Gasteiger partial charge in [0.25, 0.3) is 5.91 Å². The van der Waals surface area contributed by atoms with Gasteiger partial charge in [0.1, 0.15) is 16.5 Å². The van der Waals surface area contributed by atoms with Gasteiger partial charge in [0, 0.05) is 24.3 Å². The first-order chi connectivity index (χ1) is 14.7. The van der Waals surface area contributed by atoms with Crippen molar-refractivity contribution in [2.45, 2.75) is 24.7 Å². The van der Waals surface area contributed by atoms with Crippen molar-refractivity contribution in [2.24, 2.45) is 5.92 Å². The standard InChI is InChI=1S/C21H23FN2O6S/c1-2-30-17-8-6-16(7-9-17)23-20(25)14-5-10-18(22)19(12-14)31(28,29)24-11-3-4-15(13-24)21(26)27/h5-10,12,15H,2-4,11,13H2,1H3,(H,23,25)(H,26,27). The van der Waals surface area contributed by atoms with Crippen LogP contribution in [0.4, 0.5) is 10.1 Å². The van der Waals surface area contributed by atoms with Gasteiger partial charge in [-0.3, -0.25) is 9.59 Å². The quantitative estimate of drug-likeness (QED) is 0.671. The molecular formula is C21H23FN2O6S. The molecule has 0 saturated carbocycles. The van der Waals surface area contributed by atoms with Gasteiger partial charge in [0.2, 0.25) is 10.0 Å². The van der Waals surface area contributed by atoms with Crippen molar-refractivity contribution in [3.8, 4) is 5.75 Å². The monoisotopic (exact) mass is 450 g/mol. The van der Waals surface area contributed by atoms with Crippen LogP contribution in [0.15, 0.2) is 47.4 Å². The molecular weight excluding hydrogens is 427 g/mol. The highest BCUT2D eigenvalue weighted by Gasteiger charge is 2.35. The zero-order valence-electron chi connectivity index (χ0n) is 16.9. The topological polar surface area (TPSA) is 113 Å². The number of hydrogen-bond donors (Lipinski definition) is 2. The number of ether oxygens (including phenoxy) is 1. The predicted molar refractivity (Wildman–Crippen MR) is 111 cm³/mol. The van der Waals surface area contributed by atoms with Crippen molar-refractivity contribution in [2.75, 3.05) is 25.0 Å². The smallest absolute Gasteiger partial charge is 0.307 e. The van der Waals surface area contributed by atoms with Gasteiger partial charge in [-0.05, 0) is 62.2 Å². The van der Waals surface area contributed by atoms with E-state index in [9.17, 15) is 27.5 Å². The minimum absolute atomic E-state index is 0.0411. The second-order valence-electron chi connectivity index (χ2n) is 7.10. The lowest BCUT2D eigenvalue weighted by molar-refractivity contribution is -0.142. The average Bonchev–Trinajstić information content (AvgIpc) is 2.75. The molecule has 1 amide bonds. The molecule has 1 aliphatic heterocycles. The third-order valence-electron chi connectivity index (χ3n) is 4.97. The summed E-state index contributed by atoms with van der Waals surface area (Å²) in [7, 11) is -4.30. The van der Waals surface area contributed by atoms with Crippen LogP contribution in [-0.4, -0.2) is 49.4 Å². The van der Waals surface area contributed by atoms with E-state index in [1.165, 1.54) is 6.07 Å². The molecule has 1 unspecified atom stereocenters. The van der Waals surface area contributed by atoms with E-state index in [-0.39, 0.29) is 18.7 Å². The summed E-state index contributed by atoms with van der Waals surface area (Å²) < 4.78 is 46.6. The van der Waals surface area contributed by atoms with Gasteiger partial charge in [-0.1, -0.05) is 0 Å². The fourth-order valence-corrected chi connectivity index (χ4v) is 4.96. The van der Waals surface area contributed by atoms with E-state index in [4.69, 9.17) is 4.74 Å². The number of anilines is 1. The van der Waals surface area contributed by atoms with Crippen molar-refractivity contribution < 1.29 is 32.2 Å². The summed E-state index contributed by atoms with van der Waals surface area (Å²) in [4.78, 5) is 23.2. The van der Waals surface area contributed by atoms with Crippen LogP contribution in [0.3, 0.4) is 0 Å². The Bertz CT molecular complexity index is 1070. The highest BCUT2D eigenvalue weighted by molar-refractivity contribution is 7.89. The molecule has 0 radical (unpaired) electrons. The van der Waals surface area contributed by atoms with E-state index in [2.05, 4.69) is 5.32 Å². The van der Waals surface area contributed by atoms with Gasteiger partial charge >= 0.3 is 5.97 Å². The van der Waals surface area contributed by atoms with E-state index in [1.807, 2.05) is 6.92 Å². The summed E-state index contributed by atoms with van der Waals surface area (Å²) >= 11 is 0. The average molecular weight is 450 g/mol. The predicted octanol–water partition coefficient (Wildman–Crippen LogP) is 2.96. The number of carbonyl (C=O) groups is 2. The van der Waals surface area contributed by atoms with Crippen LogP contribution in [0.25, 0.3) is 0 Å². The molecule has 2 aromatic carbocycles. The lowest BCUT2D eigenvalue weighted by atomic mass is 10.0. The number of nitrogens with zero attached hydrogens (tertiary/aromatic N) is 1. The van der Waals surface area contributed by atoms with Crippen LogP contribution < -0.4 is 10.1 Å². The fourth-order valence-electron chi connectivity index (χ4n) is 3.35. The number of aliphatic carboxylic acids is 1. The fraction of sp³-hybridized carbons (Fsp3) is 0.333. The maximum Gasteiger partial charge on any atom is 0.307 e. The minimum Gasteiger partial charge on any atom is -0.494 e. The third kappa shape index (κ3) is 5.20. The molecule has 0 spiro atoms. The molecule has 1 atom stereocenters. The van der Waals surface area contributed by atoms with Gasteiger partial charge in [0.05, 0.1) is 12.5 Å². The number of halogens is 1. The Hall–Kier alpha value is -2.98. The first-order valence-corrected chi connectivity index (χ1v) is 11.2. The summed E-state index contributed by atoms with van der Waals surface area (Å²) in [6.07, 6.45) is 0.712. The molecule has 31 heavy (non-hydrogen) atoms. The molecule has 10 heteroatoms. The first kappa shape index (κ1) is 22.7. The van der Waals surface area contributed by atoms with Crippen molar-refractivity contribution >= 4 is 27.6 Å². The molecule has 2 aromatic rings. The van der Waals surface area contributed by atoms with Gasteiger partial charge in [-0.15, -0.1) is 0 Å². The molecule has 1 saturated heterocycles. The second-order valence-corrected chi connectivity index (χ2v) is 9.00. The summed E-state index contributed by atoms with van der Waals surface area (Å²) in [6, 6.07) is 9.68. The highest BCUT2D eigenvalue weighted by atomic mass is 32.2. The molecule has 8 nitrogen and oxygen atoms in total. The number of amides is 1. The zero-order valence-corrected chi connectivity index (χ0v) is 17.7. The van der Waals surface area contributed by atoms with Crippen LogP contribution in [0.2, 0.25) is 0 Å². The maximum atomic E-state index is 14.4. The van der Waals surface area contributed by atoms with Crippen LogP contribution in [0.5, 0.6) is 5.75 Å². The molecule has 0 aliphatic carbocycles. The van der Waals surface area contributed by atoms with E-state index < -0.39 is 38.5 Å². The Kier molecular flexibility index (Phi) is 6.91. The first-order valence-electron chi connectivity index (χ1n) is 9.79. The Morgan fingerprint density at radius 1 is 1.23 bits per heavy atom. The number of benzene rings is 2. The van der Waals surface area contributed by atoms with Crippen LogP contribution in [0, 0.1) is 11.7 Å². The van der Waals surface area contributed by atoms with E-state index in [0.29, 0.717) is 30.9 Å². The molecule has 2 N–H and O–H groups in total. The Morgan fingerprint density at radius 2 is 1.94 bits per heavy atom. The van der Waals surface area contributed by atoms with E-state index in [1.54, 1.807) is 24.3 Å². The summed E-state index contributed by atoms with van der Waals surface area (Å²) in [5, 5.41) is 11.8. The highest BCUT2D eigenvalue weighted by Crippen LogP contribution is 2.27. The molecule has 0 aromatic heterocycles. The zero-order chi connectivity index (χ0) is 22.6. The van der Waals surface area contributed by atoms with E-state index >= 15 is 0 Å². The lowest BCUT2D eigenvalue weighted by Gasteiger charge is -2.30. The maximum absolute atomic E-state index is 14.4. The normalized spacial score (nSPS) is 17.2. The Balaban J connectivity index is 1.82. The molecule has 1 heterocycles. The van der Waals surface area contributed by atoms with Crippen molar-refractivity contribution in [3.05, 3.63) is 53.8 Å². The summed E-state index contributed by atoms with van der Waals surface area (Å²) in [5.41, 5.74) is 0.420. The number of carbonyl (C=O) groups excluding carboxylic acids is 1. The minimum atomic E-state index is -4.30. The number of hydrogen-bond acceptors (Lipinski definition) is 5. The van der Waals surface area contributed by atoms with Gasteiger partial charge in [-0.25, -0.2) is 12.8 Å². The Labute approximate surface area is 179 Å². The molecule has 1 fully saturated rings. The van der Waals surface area contributed by atoms with Crippen molar-refractivity contribution in [1.29, 1.82) is 0 Å². The van der Waals surface area contributed by atoms with Gasteiger partial charge in [-0.2, -0.15) is 4.31 Å². The van der Waals surface area contributed by atoms with Gasteiger partial charge in [0.15, 0.2) is 0 Å². The molecule has 166 valence electrons. The largest absolute Gasteiger partial charge is 0.494 e. The molecule has 3 rings (SSSR count). The number of sulfonamides is 1. The summed E-state index contributed by atoms with van der Waals surface area (Å²) in [6.45, 7) is 2.21. The lowest BCUT2D eigenvalue weighted by Crippen LogP contribution is -2.42. The van der Waals surface area contributed by atoms with Crippen molar-refractivity contribution in [1.82, 2.24) is 4.31 Å². The SMILES string of the molecule is CCOc1ccc(NC(=O)c2ccc(F)c(S(=O)(=O)N3CCCC(C(=O)O)C3)c2)cc1. The van der Waals surface area contributed by atoms with Gasteiger partial charge < -0.3 is 15.2 Å². The molecule has 0 bridgehead atoms. The number of rotatable bonds is 7. The van der Waals surface area contributed by atoms with Crippen molar-refractivity contribution in [3.63, 3.8) is 0 Å². The number of piperidine rings is 1. The van der Waals surface area contributed by atoms with Crippen LogP contribution in [-0.2, 0) is 14.8 Å². The Morgan fingerprint density at radius 3 is 2.58 bits per heavy atom. The number of nitrogens with one attached hydrogen (secondary N) is 1. The van der Waals surface area contributed by atoms with Crippen LogP contribution in [0.1, 0.15) is 30.1 Å². The molecule has 1 aliphatic rings. The number of carboxylic acid groups (broad SMARTS) is 1.